The molecule has 2 fully saturated rings. The van der Waals surface area contributed by atoms with Gasteiger partial charge in [-0.05, 0) is 67.3 Å². The van der Waals surface area contributed by atoms with Crippen molar-refractivity contribution >= 4 is 17.5 Å². The van der Waals surface area contributed by atoms with E-state index in [-0.39, 0.29) is 17.9 Å². The van der Waals surface area contributed by atoms with Crippen LogP contribution in [0.2, 0.25) is 0 Å². The largest absolute Gasteiger partial charge is 0.339 e. The van der Waals surface area contributed by atoms with Crippen molar-refractivity contribution in [1.29, 1.82) is 5.26 Å². The Bertz CT molecular complexity index is 1150. The van der Waals surface area contributed by atoms with Crippen LogP contribution in [0.15, 0.2) is 42.5 Å². The maximum absolute atomic E-state index is 12.7. The molecule has 1 aliphatic carbocycles. The minimum absolute atomic E-state index is 0.0508. The molecule has 3 aliphatic rings. The van der Waals surface area contributed by atoms with Crippen LogP contribution in [0, 0.1) is 17.2 Å². The van der Waals surface area contributed by atoms with E-state index >= 15 is 0 Å². The molecule has 0 spiro atoms. The van der Waals surface area contributed by atoms with Gasteiger partial charge in [-0.25, -0.2) is 0 Å². The highest BCUT2D eigenvalue weighted by Gasteiger charge is 2.43. The second-order valence-corrected chi connectivity index (χ2v) is 10.2. The van der Waals surface area contributed by atoms with E-state index in [2.05, 4.69) is 28.8 Å². The number of anilines is 1. The Morgan fingerprint density at radius 3 is 2.58 bits per heavy atom. The SMILES string of the molecule is CN1C(=O)C(C)(C)c2ccc(-c3ccc(CC(C#N)NC(=O)[C@H]4N[C@@H]5CC[C@H]4C5)cc3)cc21. The summed E-state index contributed by atoms with van der Waals surface area (Å²) < 4.78 is 0. The van der Waals surface area contributed by atoms with E-state index in [1.54, 1.807) is 4.90 Å². The van der Waals surface area contributed by atoms with Gasteiger partial charge in [-0.1, -0.05) is 36.4 Å². The molecule has 0 radical (unpaired) electrons. The Labute approximate surface area is 195 Å². The molecule has 4 atom stereocenters. The minimum Gasteiger partial charge on any atom is -0.339 e. The van der Waals surface area contributed by atoms with Gasteiger partial charge in [-0.15, -0.1) is 0 Å². The molecule has 6 heteroatoms. The molecule has 2 heterocycles. The number of hydrogen-bond donors (Lipinski definition) is 2. The molecule has 6 nitrogen and oxygen atoms in total. The number of hydrogen-bond acceptors (Lipinski definition) is 4. The molecule has 2 bridgehead atoms. The van der Waals surface area contributed by atoms with E-state index in [4.69, 9.17) is 0 Å². The van der Waals surface area contributed by atoms with E-state index in [1.165, 1.54) is 0 Å². The normalized spacial score (nSPS) is 25.6. The van der Waals surface area contributed by atoms with Crippen molar-refractivity contribution in [3.05, 3.63) is 53.6 Å². The van der Waals surface area contributed by atoms with Gasteiger partial charge in [0.15, 0.2) is 0 Å². The zero-order chi connectivity index (χ0) is 23.3. The van der Waals surface area contributed by atoms with Gasteiger partial charge in [0.2, 0.25) is 11.8 Å². The van der Waals surface area contributed by atoms with Crippen molar-refractivity contribution in [3.63, 3.8) is 0 Å². The van der Waals surface area contributed by atoms with Crippen molar-refractivity contribution in [2.75, 3.05) is 11.9 Å². The lowest BCUT2D eigenvalue weighted by Crippen LogP contribution is -2.50. The van der Waals surface area contributed by atoms with Gasteiger partial charge < -0.3 is 15.5 Å². The quantitative estimate of drug-likeness (QED) is 0.744. The van der Waals surface area contributed by atoms with Gasteiger partial charge in [0, 0.05) is 25.2 Å². The summed E-state index contributed by atoms with van der Waals surface area (Å²) in [4.78, 5) is 27.0. The molecule has 2 amide bonds. The fourth-order valence-electron chi connectivity index (χ4n) is 5.77. The van der Waals surface area contributed by atoms with Crippen LogP contribution >= 0.6 is 0 Å². The standard InChI is InChI=1S/C27H30N4O2/c1-27(2)22-11-9-18(14-23(22)31(3)26(27)33)17-6-4-16(5-7-17)12-21(15-28)30-25(32)24-19-8-10-20(13-19)29-24/h4-7,9,11,14,19-21,24,29H,8,10,12-13H2,1-3H3,(H,30,32)/t19-,20+,21?,24-/m0/s1. The summed E-state index contributed by atoms with van der Waals surface area (Å²) in [6.07, 6.45) is 3.79. The highest BCUT2D eigenvalue weighted by Crippen LogP contribution is 2.42. The van der Waals surface area contributed by atoms with Gasteiger partial charge in [-0.2, -0.15) is 5.26 Å². The van der Waals surface area contributed by atoms with Crippen LogP contribution in [-0.2, 0) is 21.4 Å². The number of nitrogens with zero attached hydrogens (tertiary/aromatic N) is 2. The fraction of sp³-hybridized carbons (Fsp3) is 0.444. The monoisotopic (exact) mass is 442 g/mol. The van der Waals surface area contributed by atoms with Crippen LogP contribution in [0.5, 0.6) is 0 Å². The number of carbonyl (C=O) groups excluding carboxylic acids is 2. The average Bonchev–Trinajstić information content (AvgIpc) is 3.50. The molecule has 2 aliphatic heterocycles. The topological polar surface area (TPSA) is 85.2 Å². The summed E-state index contributed by atoms with van der Waals surface area (Å²) in [7, 11) is 1.82. The van der Waals surface area contributed by atoms with Crippen molar-refractivity contribution in [2.24, 2.45) is 5.92 Å². The molecule has 1 saturated heterocycles. The Hall–Kier alpha value is -3.17. The Morgan fingerprint density at radius 2 is 1.94 bits per heavy atom. The molecule has 2 aromatic rings. The summed E-state index contributed by atoms with van der Waals surface area (Å²) in [5.41, 5.74) is 4.60. The molecule has 1 saturated carbocycles. The van der Waals surface area contributed by atoms with Crippen molar-refractivity contribution < 1.29 is 9.59 Å². The maximum atomic E-state index is 12.7. The highest BCUT2D eigenvalue weighted by atomic mass is 16.2. The van der Waals surface area contributed by atoms with E-state index in [9.17, 15) is 14.9 Å². The Morgan fingerprint density at radius 1 is 1.21 bits per heavy atom. The third kappa shape index (κ3) is 3.71. The van der Waals surface area contributed by atoms with Crippen LogP contribution in [0.4, 0.5) is 5.69 Å². The van der Waals surface area contributed by atoms with Gasteiger partial charge in [0.05, 0.1) is 17.5 Å². The van der Waals surface area contributed by atoms with E-state index in [1.807, 2.05) is 51.2 Å². The van der Waals surface area contributed by atoms with Crippen molar-refractivity contribution in [2.45, 2.75) is 63.1 Å². The van der Waals surface area contributed by atoms with Gasteiger partial charge in [0.25, 0.3) is 0 Å². The number of likely N-dealkylation sites (N-methyl/N-ethyl adjacent to an activating group) is 1. The molecule has 33 heavy (non-hydrogen) atoms. The van der Waals surface area contributed by atoms with Crippen LogP contribution in [0.25, 0.3) is 11.1 Å². The van der Waals surface area contributed by atoms with Crippen LogP contribution in [-0.4, -0.2) is 37.0 Å². The van der Waals surface area contributed by atoms with E-state index in [0.29, 0.717) is 18.4 Å². The average molecular weight is 443 g/mol. The number of carbonyl (C=O) groups is 2. The number of benzene rings is 2. The molecule has 2 N–H and O–H groups in total. The first-order chi connectivity index (χ1) is 15.8. The van der Waals surface area contributed by atoms with E-state index < -0.39 is 11.5 Å². The highest BCUT2D eigenvalue weighted by molar-refractivity contribution is 6.07. The zero-order valence-corrected chi connectivity index (χ0v) is 19.4. The number of rotatable bonds is 5. The van der Waals surface area contributed by atoms with Crippen LogP contribution < -0.4 is 15.5 Å². The van der Waals surface area contributed by atoms with Crippen molar-refractivity contribution in [1.82, 2.24) is 10.6 Å². The Balaban J connectivity index is 1.27. The van der Waals surface area contributed by atoms with Crippen LogP contribution in [0.1, 0.15) is 44.2 Å². The number of piperidine rings is 1. The summed E-state index contributed by atoms with van der Waals surface area (Å²) in [5, 5.41) is 15.9. The molecular weight excluding hydrogens is 412 g/mol. The third-order valence-corrected chi connectivity index (χ3v) is 7.71. The first-order valence-corrected chi connectivity index (χ1v) is 11.8. The summed E-state index contributed by atoms with van der Waals surface area (Å²) in [6, 6.07) is 16.3. The minimum atomic E-state index is -0.550. The van der Waals surface area contributed by atoms with Gasteiger partial charge in [-0.3, -0.25) is 9.59 Å². The number of nitriles is 1. The molecule has 1 unspecified atom stereocenters. The number of fused-ring (bicyclic) bond motifs is 3. The number of nitrogens with one attached hydrogen (secondary N) is 2. The first kappa shape index (κ1) is 21.7. The first-order valence-electron chi connectivity index (χ1n) is 11.8. The lowest BCUT2D eigenvalue weighted by Gasteiger charge is -2.23. The van der Waals surface area contributed by atoms with E-state index in [0.717, 1.165) is 47.2 Å². The second kappa shape index (κ2) is 8.00. The molecular formula is C27H30N4O2. The summed E-state index contributed by atoms with van der Waals surface area (Å²) in [5.74, 6) is 0.459. The zero-order valence-electron chi connectivity index (χ0n) is 19.4. The summed E-state index contributed by atoms with van der Waals surface area (Å²) >= 11 is 0. The maximum Gasteiger partial charge on any atom is 0.238 e. The second-order valence-electron chi connectivity index (χ2n) is 10.2. The Kier molecular flexibility index (Phi) is 5.25. The predicted molar refractivity (Wildman–Crippen MR) is 128 cm³/mol. The van der Waals surface area contributed by atoms with Gasteiger partial charge >= 0.3 is 0 Å². The predicted octanol–water partition coefficient (Wildman–Crippen LogP) is 3.30. The van der Waals surface area contributed by atoms with Gasteiger partial charge in [0.1, 0.15) is 6.04 Å². The lowest BCUT2D eigenvalue weighted by molar-refractivity contribution is -0.124. The fourth-order valence-corrected chi connectivity index (χ4v) is 5.77. The molecule has 2 aromatic carbocycles. The molecule has 0 aromatic heterocycles. The molecule has 170 valence electrons. The summed E-state index contributed by atoms with van der Waals surface area (Å²) in [6.45, 7) is 3.92. The van der Waals surface area contributed by atoms with Crippen LogP contribution in [0.3, 0.4) is 0 Å². The third-order valence-electron chi connectivity index (χ3n) is 7.71. The van der Waals surface area contributed by atoms with Crippen molar-refractivity contribution in [3.8, 4) is 17.2 Å². The smallest absolute Gasteiger partial charge is 0.238 e. The number of amides is 2. The lowest BCUT2D eigenvalue weighted by atomic mass is 9.85. The molecule has 5 rings (SSSR count).